The highest BCUT2D eigenvalue weighted by Crippen LogP contribution is 2.48. The number of furan rings is 1. The normalized spacial score (nSPS) is 12.2. The van der Waals surface area contributed by atoms with Crippen molar-refractivity contribution in [2.75, 3.05) is 0 Å². The molecule has 0 aliphatic heterocycles. The summed E-state index contributed by atoms with van der Waals surface area (Å²) in [5.74, 6) is 0. The van der Waals surface area contributed by atoms with Gasteiger partial charge in [0.25, 0.3) is 0 Å². The molecule has 0 aliphatic rings. The topological polar surface area (TPSA) is 13.1 Å². The number of rotatable bonds is 3. The minimum absolute atomic E-state index is 0.915. The van der Waals surface area contributed by atoms with E-state index in [2.05, 4.69) is 170 Å². The molecule has 0 saturated carbocycles. The minimum atomic E-state index is 0.915. The second-order valence-electron chi connectivity index (χ2n) is 15.1. The first-order valence-electron chi connectivity index (χ1n) is 19.4. The summed E-state index contributed by atoms with van der Waals surface area (Å²) in [6.45, 7) is 0. The highest BCUT2D eigenvalue weighted by atomic mass is 32.1. The monoisotopic (exact) mass is 758 g/mol. The van der Waals surface area contributed by atoms with Gasteiger partial charge in [0, 0.05) is 51.1 Å². The van der Waals surface area contributed by atoms with Gasteiger partial charge in [-0.05, 0) is 108 Å². The summed E-state index contributed by atoms with van der Waals surface area (Å²) in [4.78, 5) is 0. The molecule has 13 aromatic rings. The number of hydrogen-bond acceptors (Lipinski definition) is 3. The van der Waals surface area contributed by atoms with E-state index in [9.17, 15) is 0 Å². The van der Waals surface area contributed by atoms with Crippen molar-refractivity contribution in [3.63, 3.8) is 0 Å². The maximum Gasteiger partial charge on any atom is 0.135 e. The van der Waals surface area contributed by atoms with Crippen molar-refractivity contribution in [2.24, 2.45) is 0 Å². The molecule has 0 bridgehead atoms. The Morgan fingerprint density at radius 2 is 0.789 bits per heavy atom. The third-order valence-corrected chi connectivity index (χ3v) is 14.3. The lowest BCUT2D eigenvalue weighted by atomic mass is 9.85. The quantitative estimate of drug-likeness (QED) is 0.164. The molecular formula is C54H30OS2. The zero-order valence-corrected chi connectivity index (χ0v) is 32.2. The summed E-state index contributed by atoms with van der Waals surface area (Å²) < 4.78 is 11.6. The highest BCUT2D eigenvalue weighted by Gasteiger charge is 2.19. The average molecular weight is 759 g/mol. The Kier molecular flexibility index (Phi) is 6.54. The first kappa shape index (κ1) is 31.4. The van der Waals surface area contributed by atoms with E-state index in [0.29, 0.717) is 0 Å². The van der Waals surface area contributed by atoms with Crippen molar-refractivity contribution in [1.29, 1.82) is 0 Å². The fourth-order valence-electron chi connectivity index (χ4n) is 9.55. The fraction of sp³-hybridized carbons (Fsp3) is 0. The number of thiophene rings is 2. The van der Waals surface area contributed by atoms with Crippen molar-refractivity contribution in [1.82, 2.24) is 0 Å². The lowest BCUT2D eigenvalue weighted by molar-refractivity contribution is 0.669. The summed E-state index contributed by atoms with van der Waals surface area (Å²) in [7, 11) is 0. The van der Waals surface area contributed by atoms with E-state index in [1.54, 1.807) is 0 Å². The number of hydrogen-bond donors (Lipinski definition) is 0. The summed E-state index contributed by atoms with van der Waals surface area (Å²) in [6, 6.07) is 67.2. The Balaban J connectivity index is 0.984. The van der Waals surface area contributed by atoms with Gasteiger partial charge in [-0.3, -0.25) is 0 Å². The maximum absolute atomic E-state index is 6.22. The number of para-hydroxylation sites is 1. The molecular weight excluding hydrogens is 729 g/mol. The van der Waals surface area contributed by atoms with E-state index in [4.69, 9.17) is 4.42 Å². The van der Waals surface area contributed by atoms with Crippen molar-refractivity contribution >= 4 is 117 Å². The molecule has 10 aromatic carbocycles. The minimum Gasteiger partial charge on any atom is -0.456 e. The van der Waals surface area contributed by atoms with Crippen LogP contribution < -0.4 is 0 Å². The molecule has 0 aliphatic carbocycles. The molecule has 264 valence electrons. The Bertz CT molecular complexity index is 3750. The standard InChI is InChI=1S/C54H30OS2/c1-2-14-37-34(11-1)42(28-51-54(37)45-30-49-44(29-50(45)57-51)36-13-8-10-20-48(36)56-49)31-21-23-32(24-22-31)52-38-15-3-5-17-40(38)53(41-18-6-4-16-39(41)52)33-25-26-47-43(27-33)35-12-7-9-19-46(35)55-47/h1-30H. The van der Waals surface area contributed by atoms with Gasteiger partial charge in [0.15, 0.2) is 0 Å². The van der Waals surface area contributed by atoms with E-state index in [-0.39, 0.29) is 0 Å². The highest BCUT2D eigenvalue weighted by molar-refractivity contribution is 7.27. The van der Waals surface area contributed by atoms with Crippen LogP contribution in [0.3, 0.4) is 0 Å². The summed E-state index contributed by atoms with van der Waals surface area (Å²) in [6.07, 6.45) is 0. The van der Waals surface area contributed by atoms with Crippen LogP contribution in [0, 0.1) is 0 Å². The van der Waals surface area contributed by atoms with Crippen LogP contribution in [-0.2, 0) is 0 Å². The van der Waals surface area contributed by atoms with Gasteiger partial charge in [0.05, 0.1) is 0 Å². The van der Waals surface area contributed by atoms with E-state index in [1.165, 1.54) is 106 Å². The predicted octanol–water partition coefficient (Wildman–Crippen LogP) is 16.8. The Morgan fingerprint density at radius 1 is 0.281 bits per heavy atom. The molecule has 0 amide bonds. The van der Waals surface area contributed by atoms with Gasteiger partial charge in [0.1, 0.15) is 11.2 Å². The molecule has 1 nitrogen and oxygen atoms in total. The molecule has 0 unspecified atom stereocenters. The molecule has 0 radical (unpaired) electrons. The third kappa shape index (κ3) is 4.56. The first-order valence-corrected chi connectivity index (χ1v) is 21.0. The summed E-state index contributed by atoms with van der Waals surface area (Å²) in [5.41, 5.74) is 9.27. The van der Waals surface area contributed by atoms with Crippen LogP contribution in [0.2, 0.25) is 0 Å². The molecule has 3 heterocycles. The van der Waals surface area contributed by atoms with Gasteiger partial charge < -0.3 is 4.42 Å². The van der Waals surface area contributed by atoms with E-state index in [1.807, 2.05) is 34.8 Å². The number of benzene rings is 10. The van der Waals surface area contributed by atoms with Crippen LogP contribution in [0.25, 0.3) is 128 Å². The molecule has 0 N–H and O–H groups in total. The van der Waals surface area contributed by atoms with E-state index < -0.39 is 0 Å². The van der Waals surface area contributed by atoms with E-state index >= 15 is 0 Å². The largest absolute Gasteiger partial charge is 0.456 e. The second-order valence-corrected chi connectivity index (χ2v) is 17.3. The van der Waals surface area contributed by atoms with Crippen LogP contribution in [0.4, 0.5) is 0 Å². The summed E-state index contributed by atoms with van der Waals surface area (Å²) >= 11 is 3.81. The van der Waals surface area contributed by atoms with Crippen LogP contribution in [0.5, 0.6) is 0 Å². The van der Waals surface area contributed by atoms with Gasteiger partial charge in [-0.25, -0.2) is 0 Å². The van der Waals surface area contributed by atoms with Crippen LogP contribution in [-0.4, -0.2) is 0 Å². The molecule has 3 heteroatoms. The molecule has 0 atom stereocenters. The average Bonchev–Trinajstić information content (AvgIpc) is 3.95. The Morgan fingerprint density at radius 3 is 1.53 bits per heavy atom. The smallest absolute Gasteiger partial charge is 0.135 e. The summed E-state index contributed by atoms with van der Waals surface area (Å²) in [5, 5.41) is 15.3. The van der Waals surface area contributed by atoms with Crippen molar-refractivity contribution in [3.05, 3.63) is 182 Å². The SMILES string of the molecule is c1ccc2c(c1)oc1ccc(-c3c4ccccc4c(-c4ccc(-c5cc6sc7cc8c(cc7c6c6ccccc56)sc5ccccc58)cc4)c4ccccc34)cc12. The van der Waals surface area contributed by atoms with Gasteiger partial charge in [-0.1, -0.05) is 140 Å². The van der Waals surface area contributed by atoms with E-state index in [0.717, 1.165) is 21.9 Å². The van der Waals surface area contributed by atoms with Crippen molar-refractivity contribution in [2.45, 2.75) is 0 Å². The molecule has 13 rings (SSSR count). The Labute approximate surface area is 335 Å². The molecule has 0 spiro atoms. The first-order chi connectivity index (χ1) is 28.2. The fourth-order valence-corrected chi connectivity index (χ4v) is 11.9. The third-order valence-electron chi connectivity index (χ3n) is 12.1. The molecule has 3 aromatic heterocycles. The van der Waals surface area contributed by atoms with Gasteiger partial charge >= 0.3 is 0 Å². The lowest BCUT2D eigenvalue weighted by Gasteiger charge is -2.18. The maximum atomic E-state index is 6.22. The second kappa shape index (κ2) is 11.9. The number of fused-ring (bicyclic) bond motifs is 13. The molecule has 0 fully saturated rings. The Hall–Kier alpha value is -6.78. The van der Waals surface area contributed by atoms with Crippen molar-refractivity contribution < 1.29 is 4.42 Å². The van der Waals surface area contributed by atoms with Crippen LogP contribution in [0.1, 0.15) is 0 Å². The zero-order valence-electron chi connectivity index (χ0n) is 30.5. The molecule has 0 saturated heterocycles. The lowest BCUT2D eigenvalue weighted by Crippen LogP contribution is -1.91. The van der Waals surface area contributed by atoms with Crippen LogP contribution >= 0.6 is 22.7 Å². The zero-order chi connectivity index (χ0) is 37.2. The molecule has 57 heavy (non-hydrogen) atoms. The van der Waals surface area contributed by atoms with Crippen LogP contribution in [0.15, 0.2) is 186 Å². The van der Waals surface area contributed by atoms with Gasteiger partial charge in [0.2, 0.25) is 0 Å². The van der Waals surface area contributed by atoms with Gasteiger partial charge in [-0.2, -0.15) is 0 Å². The van der Waals surface area contributed by atoms with Crippen molar-refractivity contribution in [3.8, 4) is 33.4 Å². The predicted molar refractivity (Wildman–Crippen MR) is 248 cm³/mol. The van der Waals surface area contributed by atoms with Gasteiger partial charge in [-0.15, -0.1) is 22.7 Å².